The van der Waals surface area contributed by atoms with E-state index in [-0.39, 0.29) is 5.92 Å². The molecule has 0 amide bonds. The molecule has 0 aromatic heterocycles. The van der Waals surface area contributed by atoms with Gasteiger partial charge in [-0.2, -0.15) is 0 Å². The summed E-state index contributed by atoms with van der Waals surface area (Å²) in [6.45, 7) is 2.28. The van der Waals surface area contributed by atoms with Crippen LogP contribution in [0.5, 0.6) is 0 Å². The van der Waals surface area contributed by atoms with E-state index in [0.29, 0.717) is 5.92 Å². The van der Waals surface area contributed by atoms with Crippen molar-refractivity contribution in [2.24, 2.45) is 23.7 Å². The number of rotatable bonds is 7. The summed E-state index contributed by atoms with van der Waals surface area (Å²) in [7, 11) is 0. The summed E-state index contributed by atoms with van der Waals surface area (Å²) in [5.74, 6) is 1.74. The third-order valence-electron chi connectivity index (χ3n) is 5.88. The first kappa shape index (κ1) is 17.6. The normalized spacial score (nSPS) is 33.1. The van der Waals surface area contributed by atoms with Crippen LogP contribution in [0.15, 0.2) is 12.2 Å². The second kappa shape index (κ2) is 9.37. The maximum absolute atomic E-state index is 11.0. The third-order valence-corrected chi connectivity index (χ3v) is 5.88. The fourth-order valence-electron chi connectivity index (χ4n) is 4.23. The van der Waals surface area contributed by atoms with Gasteiger partial charge in [0.05, 0.1) is 5.92 Å². The lowest BCUT2D eigenvalue weighted by Crippen LogP contribution is -2.20. The van der Waals surface area contributed by atoms with E-state index in [9.17, 15) is 4.79 Å². The second-order valence-electron chi connectivity index (χ2n) is 7.61. The molecule has 2 aliphatic rings. The van der Waals surface area contributed by atoms with Gasteiger partial charge in [0.15, 0.2) is 0 Å². The van der Waals surface area contributed by atoms with Crippen LogP contribution in [0.4, 0.5) is 0 Å². The van der Waals surface area contributed by atoms with Crippen molar-refractivity contribution >= 4 is 5.97 Å². The Hall–Kier alpha value is -0.790. The van der Waals surface area contributed by atoms with Gasteiger partial charge in [-0.3, -0.25) is 4.79 Å². The average molecular weight is 306 g/mol. The Kier molecular flexibility index (Phi) is 7.48. The van der Waals surface area contributed by atoms with Crippen LogP contribution in [0.3, 0.4) is 0 Å². The molecule has 2 nitrogen and oxygen atoms in total. The Bertz CT molecular complexity index is 345. The van der Waals surface area contributed by atoms with E-state index in [4.69, 9.17) is 5.11 Å². The Labute approximate surface area is 136 Å². The van der Waals surface area contributed by atoms with Crippen molar-refractivity contribution in [2.75, 3.05) is 0 Å². The fourth-order valence-corrected chi connectivity index (χ4v) is 4.23. The van der Waals surface area contributed by atoms with E-state index in [1.165, 1.54) is 51.4 Å². The number of carbonyl (C=O) groups is 1. The zero-order valence-corrected chi connectivity index (χ0v) is 14.3. The molecule has 2 rings (SSSR count). The smallest absolute Gasteiger partial charge is 0.306 e. The van der Waals surface area contributed by atoms with Crippen LogP contribution in [-0.2, 0) is 4.79 Å². The van der Waals surface area contributed by atoms with Gasteiger partial charge in [0, 0.05) is 0 Å². The number of carboxylic acids is 1. The maximum Gasteiger partial charge on any atom is 0.306 e. The van der Waals surface area contributed by atoms with Gasteiger partial charge in [0.25, 0.3) is 0 Å². The molecule has 0 atom stereocenters. The molecular weight excluding hydrogens is 272 g/mol. The number of carboxylic acid groups (broad SMARTS) is 1. The second-order valence-corrected chi connectivity index (χ2v) is 7.61. The summed E-state index contributed by atoms with van der Waals surface area (Å²) >= 11 is 0. The highest BCUT2D eigenvalue weighted by molar-refractivity contribution is 5.70. The monoisotopic (exact) mass is 306 g/mol. The maximum atomic E-state index is 11.0. The van der Waals surface area contributed by atoms with Crippen molar-refractivity contribution in [3.05, 3.63) is 12.2 Å². The van der Waals surface area contributed by atoms with Crippen LogP contribution >= 0.6 is 0 Å². The first-order chi connectivity index (χ1) is 10.7. The molecule has 2 heteroatoms. The van der Waals surface area contributed by atoms with Crippen molar-refractivity contribution in [3.8, 4) is 0 Å². The average Bonchev–Trinajstić information content (AvgIpc) is 2.55. The predicted molar refractivity (Wildman–Crippen MR) is 91.8 cm³/mol. The van der Waals surface area contributed by atoms with E-state index in [1.54, 1.807) is 0 Å². The molecule has 0 spiro atoms. The third kappa shape index (κ3) is 5.78. The molecule has 0 unspecified atom stereocenters. The van der Waals surface area contributed by atoms with Gasteiger partial charge in [-0.15, -0.1) is 0 Å². The summed E-state index contributed by atoms with van der Waals surface area (Å²) < 4.78 is 0. The number of hydrogen-bond acceptors (Lipinski definition) is 1. The van der Waals surface area contributed by atoms with Gasteiger partial charge in [-0.1, -0.05) is 44.8 Å². The molecule has 0 saturated heterocycles. The lowest BCUT2D eigenvalue weighted by atomic mass is 9.78. The SMILES string of the molecule is CCCCC[C@H]1CC[C@H](/C=C/C2CCC(C(=O)O)CC2)CC1. The van der Waals surface area contributed by atoms with E-state index in [0.717, 1.165) is 37.5 Å². The van der Waals surface area contributed by atoms with Crippen LogP contribution < -0.4 is 0 Å². The lowest BCUT2D eigenvalue weighted by molar-refractivity contribution is -0.142. The number of aliphatic carboxylic acids is 1. The number of hydrogen-bond donors (Lipinski definition) is 1. The van der Waals surface area contributed by atoms with Crippen molar-refractivity contribution in [1.82, 2.24) is 0 Å². The number of unbranched alkanes of at least 4 members (excludes halogenated alkanes) is 2. The Morgan fingerprint density at radius 3 is 1.95 bits per heavy atom. The molecule has 0 bridgehead atoms. The molecule has 0 heterocycles. The highest BCUT2D eigenvalue weighted by Gasteiger charge is 2.25. The summed E-state index contributed by atoms with van der Waals surface area (Å²) in [6.07, 6.45) is 20.0. The summed E-state index contributed by atoms with van der Waals surface area (Å²) in [6, 6.07) is 0. The molecule has 1 N–H and O–H groups in total. The van der Waals surface area contributed by atoms with Crippen LogP contribution in [0, 0.1) is 23.7 Å². The van der Waals surface area contributed by atoms with Crippen molar-refractivity contribution in [2.45, 2.75) is 84.0 Å². The largest absolute Gasteiger partial charge is 0.481 e. The molecule has 0 radical (unpaired) electrons. The van der Waals surface area contributed by atoms with Gasteiger partial charge >= 0.3 is 5.97 Å². The molecular formula is C20H34O2. The van der Waals surface area contributed by atoms with Crippen LogP contribution in [0.25, 0.3) is 0 Å². The van der Waals surface area contributed by atoms with Gasteiger partial charge in [-0.25, -0.2) is 0 Å². The van der Waals surface area contributed by atoms with Crippen LogP contribution in [0.1, 0.15) is 84.0 Å². The molecule has 0 aromatic carbocycles. The summed E-state index contributed by atoms with van der Waals surface area (Å²) in [5, 5.41) is 9.04. The minimum atomic E-state index is -0.594. The van der Waals surface area contributed by atoms with Gasteiger partial charge < -0.3 is 5.11 Å². The fraction of sp³-hybridized carbons (Fsp3) is 0.850. The highest BCUT2D eigenvalue weighted by Crippen LogP contribution is 2.34. The first-order valence-corrected chi connectivity index (χ1v) is 9.60. The van der Waals surface area contributed by atoms with Gasteiger partial charge in [0.2, 0.25) is 0 Å². The van der Waals surface area contributed by atoms with Crippen molar-refractivity contribution < 1.29 is 9.90 Å². The van der Waals surface area contributed by atoms with E-state index < -0.39 is 5.97 Å². The molecule has 0 aliphatic heterocycles. The molecule has 0 aromatic rings. The first-order valence-electron chi connectivity index (χ1n) is 9.60. The van der Waals surface area contributed by atoms with Gasteiger partial charge in [-0.05, 0) is 69.1 Å². The zero-order valence-electron chi connectivity index (χ0n) is 14.3. The Morgan fingerprint density at radius 1 is 0.909 bits per heavy atom. The Balaban J connectivity index is 1.63. The quantitative estimate of drug-likeness (QED) is 0.475. The van der Waals surface area contributed by atoms with E-state index >= 15 is 0 Å². The highest BCUT2D eigenvalue weighted by atomic mass is 16.4. The van der Waals surface area contributed by atoms with Crippen molar-refractivity contribution in [3.63, 3.8) is 0 Å². The van der Waals surface area contributed by atoms with E-state index in [1.807, 2.05) is 0 Å². The molecule has 2 saturated carbocycles. The van der Waals surface area contributed by atoms with Gasteiger partial charge in [0.1, 0.15) is 0 Å². The van der Waals surface area contributed by atoms with Crippen LogP contribution in [0.2, 0.25) is 0 Å². The predicted octanol–water partition coefficient (Wildman–Crippen LogP) is 5.82. The molecule has 22 heavy (non-hydrogen) atoms. The molecule has 2 fully saturated rings. The standard InChI is InChI=1S/C20H34O2/c1-2-3-4-5-16-6-8-17(9-7-16)10-11-18-12-14-19(15-13-18)20(21)22/h10-11,16-19H,2-9,12-15H2,1H3,(H,21,22)/b11-10+/t16-,17-,18?,19?. The topological polar surface area (TPSA) is 37.3 Å². The summed E-state index contributed by atoms with van der Waals surface area (Å²) in [4.78, 5) is 11.0. The zero-order chi connectivity index (χ0) is 15.8. The van der Waals surface area contributed by atoms with E-state index in [2.05, 4.69) is 19.1 Å². The van der Waals surface area contributed by atoms with Crippen LogP contribution in [-0.4, -0.2) is 11.1 Å². The molecule has 2 aliphatic carbocycles. The molecule has 126 valence electrons. The minimum absolute atomic E-state index is 0.0804. The van der Waals surface area contributed by atoms with Crippen molar-refractivity contribution in [1.29, 1.82) is 0 Å². The summed E-state index contributed by atoms with van der Waals surface area (Å²) in [5.41, 5.74) is 0. The number of allylic oxidation sites excluding steroid dienone is 2. The lowest BCUT2D eigenvalue weighted by Gasteiger charge is -2.28. The minimum Gasteiger partial charge on any atom is -0.481 e. The Morgan fingerprint density at radius 2 is 1.45 bits per heavy atom.